The van der Waals surface area contributed by atoms with Crippen molar-refractivity contribution in [3.8, 4) is 0 Å². The Morgan fingerprint density at radius 2 is 1.91 bits per heavy atom. The summed E-state index contributed by atoms with van der Waals surface area (Å²) in [5, 5.41) is 16.0. The number of piperidine rings is 1. The Balaban J connectivity index is 1.39. The van der Waals surface area contributed by atoms with Crippen molar-refractivity contribution >= 4 is 28.9 Å². The summed E-state index contributed by atoms with van der Waals surface area (Å²) in [6.07, 6.45) is 7.77. The van der Waals surface area contributed by atoms with E-state index < -0.39 is 5.54 Å². The lowest BCUT2D eigenvalue weighted by molar-refractivity contribution is 0.102. The number of aliphatic hydroxyl groups is 1. The third-order valence-electron chi connectivity index (χ3n) is 7.35. The molecule has 2 aromatic rings. The number of amides is 1. The number of rotatable bonds is 7. The van der Waals surface area contributed by atoms with Gasteiger partial charge < -0.3 is 25.4 Å². The monoisotopic (exact) mass is 477 g/mol. The molecule has 3 N–H and O–H groups in total. The van der Waals surface area contributed by atoms with Gasteiger partial charge in [0.25, 0.3) is 5.91 Å². The van der Waals surface area contributed by atoms with Crippen LogP contribution in [0.3, 0.4) is 0 Å². The van der Waals surface area contributed by atoms with E-state index in [1.54, 1.807) is 6.07 Å². The fourth-order valence-corrected chi connectivity index (χ4v) is 4.82. The fraction of sp³-hybridized carbons (Fsp3) is 0.519. The van der Waals surface area contributed by atoms with Gasteiger partial charge in [0, 0.05) is 13.1 Å². The average Bonchev–Trinajstić information content (AvgIpc) is 3.63. The molecule has 1 amide bonds. The minimum absolute atomic E-state index is 0.0247. The van der Waals surface area contributed by atoms with Crippen LogP contribution in [0.5, 0.6) is 0 Å². The number of hydrogen-bond acceptors (Lipinski definition) is 7. The van der Waals surface area contributed by atoms with Crippen LogP contribution in [0.1, 0.15) is 62.0 Å². The molecule has 8 nitrogen and oxygen atoms in total. The summed E-state index contributed by atoms with van der Waals surface area (Å²) in [4.78, 5) is 25.2. The van der Waals surface area contributed by atoms with E-state index in [0.717, 1.165) is 43.6 Å². The minimum Gasteiger partial charge on any atom is -0.394 e. The first-order valence-corrected chi connectivity index (χ1v) is 12.6. The Kier molecular flexibility index (Phi) is 6.51. The van der Waals surface area contributed by atoms with Crippen molar-refractivity contribution in [2.45, 2.75) is 51.5 Å². The van der Waals surface area contributed by atoms with E-state index in [1.165, 1.54) is 12.8 Å². The number of carbonyl (C=O) groups is 1. The van der Waals surface area contributed by atoms with Gasteiger partial charge in [0.2, 0.25) is 0 Å². The maximum absolute atomic E-state index is 13.4. The molecule has 2 aliphatic heterocycles. The topological polar surface area (TPSA) is 99.6 Å². The predicted molar refractivity (Wildman–Crippen MR) is 138 cm³/mol. The van der Waals surface area contributed by atoms with Crippen LogP contribution in [0, 0.1) is 5.41 Å². The second kappa shape index (κ2) is 9.59. The smallest absolute Gasteiger partial charge is 0.260 e. The van der Waals surface area contributed by atoms with Crippen LogP contribution in [0.4, 0.5) is 17.5 Å². The number of ether oxygens (including phenoxy) is 1. The molecule has 8 heteroatoms. The molecule has 0 atom stereocenters. The summed E-state index contributed by atoms with van der Waals surface area (Å²) in [6.45, 7) is 6.87. The van der Waals surface area contributed by atoms with Crippen LogP contribution >= 0.6 is 0 Å². The number of anilines is 3. The van der Waals surface area contributed by atoms with E-state index in [0.29, 0.717) is 41.6 Å². The van der Waals surface area contributed by atoms with Gasteiger partial charge in [-0.1, -0.05) is 12.1 Å². The zero-order chi connectivity index (χ0) is 24.5. The molecule has 0 bridgehead atoms. The molecule has 2 aromatic heterocycles. The summed E-state index contributed by atoms with van der Waals surface area (Å²) in [5.74, 6) is 1.62. The van der Waals surface area contributed by atoms with Crippen LogP contribution < -0.4 is 15.5 Å². The molecule has 2 fully saturated rings. The van der Waals surface area contributed by atoms with Crippen molar-refractivity contribution in [1.29, 1.82) is 0 Å². The molecular formula is C27H35N5O3. The maximum atomic E-state index is 13.4. The maximum Gasteiger partial charge on any atom is 0.260 e. The van der Waals surface area contributed by atoms with Crippen LogP contribution in [-0.2, 0) is 4.74 Å². The molecule has 35 heavy (non-hydrogen) atoms. The summed E-state index contributed by atoms with van der Waals surface area (Å²) >= 11 is 0. The molecule has 3 aliphatic rings. The van der Waals surface area contributed by atoms with Gasteiger partial charge in [0.05, 0.1) is 36.6 Å². The standard InChI is InChI=1S/C27H35N5O3/c1-26(2,18-33)31-23-7-6-20(24(29-23)32-14-12-27(10-11-27)13-15-32)25(34)30-22-5-3-4-21(28-22)19-8-16-35-17-9-19/h3-8,33H,9-18H2,1-2H3,(H,29,31)(H,28,30,34). The third-order valence-corrected chi connectivity index (χ3v) is 7.35. The molecule has 186 valence electrons. The zero-order valence-corrected chi connectivity index (χ0v) is 20.6. The Labute approximate surface area is 206 Å². The number of hydrogen-bond donors (Lipinski definition) is 3. The summed E-state index contributed by atoms with van der Waals surface area (Å²) < 4.78 is 5.40. The second-order valence-corrected chi connectivity index (χ2v) is 10.6. The van der Waals surface area contributed by atoms with Crippen molar-refractivity contribution < 1.29 is 14.6 Å². The third kappa shape index (κ3) is 5.49. The predicted octanol–water partition coefficient (Wildman–Crippen LogP) is 4.10. The Hall–Kier alpha value is -2.97. The Bertz CT molecular complexity index is 1120. The molecule has 0 aromatic carbocycles. The molecule has 4 heterocycles. The first-order valence-electron chi connectivity index (χ1n) is 12.6. The van der Waals surface area contributed by atoms with Crippen LogP contribution in [-0.4, -0.2) is 59.4 Å². The number of nitrogens with one attached hydrogen (secondary N) is 2. The van der Waals surface area contributed by atoms with Gasteiger partial charge >= 0.3 is 0 Å². The Morgan fingerprint density at radius 1 is 1.11 bits per heavy atom. The van der Waals surface area contributed by atoms with Gasteiger partial charge in [-0.25, -0.2) is 9.97 Å². The van der Waals surface area contributed by atoms with Crippen molar-refractivity contribution in [2.75, 3.05) is 48.4 Å². The highest BCUT2D eigenvalue weighted by Gasteiger charge is 2.45. The van der Waals surface area contributed by atoms with E-state index >= 15 is 0 Å². The molecule has 0 radical (unpaired) electrons. The number of carbonyl (C=O) groups excluding carboxylic acids is 1. The summed E-state index contributed by atoms with van der Waals surface area (Å²) in [5.41, 5.74) is 2.54. The molecule has 0 unspecified atom stereocenters. The number of pyridine rings is 2. The van der Waals surface area contributed by atoms with Crippen molar-refractivity contribution in [2.24, 2.45) is 5.41 Å². The lowest BCUT2D eigenvalue weighted by Gasteiger charge is -2.34. The van der Waals surface area contributed by atoms with E-state index in [2.05, 4.69) is 20.5 Å². The van der Waals surface area contributed by atoms with Crippen molar-refractivity contribution in [3.63, 3.8) is 0 Å². The largest absolute Gasteiger partial charge is 0.394 e. The van der Waals surface area contributed by atoms with Gasteiger partial charge in [0.1, 0.15) is 17.5 Å². The van der Waals surface area contributed by atoms with Crippen LogP contribution in [0.15, 0.2) is 36.4 Å². The van der Waals surface area contributed by atoms with Gasteiger partial charge in [-0.05, 0) is 81.2 Å². The highest BCUT2D eigenvalue weighted by molar-refractivity contribution is 6.07. The summed E-state index contributed by atoms with van der Waals surface area (Å²) in [7, 11) is 0. The van der Waals surface area contributed by atoms with Crippen LogP contribution in [0.25, 0.3) is 5.57 Å². The highest BCUT2D eigenvalue weighted by atomic mass is 16.5. The van der Waals surface area contributed by atoms with Gasteiger partial charge in [-0.2, -0.15) is 0 Å². The molecule has 1 saturated carbocycles. The molecule has 5 rings (SSSR count). The van der Waals surface area contributed by atoms with Gasteiger partial charge in [0.15, 0.2) is 0 Å². The SMILES string of the molecule is CC(C)(CO)Nc1ccc(C(=O)Nc2cccc(C3=CCOCC3)n2)c(N2CCC3(CC2)CC3)n1. The van der Waals surface area contributed by atoms with Crippen molar-refractivity contribution in [3.05, 3.63) is 47.7 Å². The van der Waals surface area contributed by atoms with E-state index in [4.69, 9.17) is 9.72 Å². The highest BCUT2D eigenvalue weighted by Crippen LogP contribution is 2.54. The first kappa shape index (κ1) is 23.8. The van der Waals surface area contributed by atoms with E-state index in [9.17, 15) is 9.90 Å². The Morgan fingerprint density at radius 3 is 2.60 bits per heavy atom. The molecular weight excluding hydrogens is 442 g/mol. The molecule has 1 aliphatic carbocycles. The number of aliphatic hydroxyl groups excluding tert-OH is 1. The summed E-state index contributed by atoms with van der Waals surface area (Å²) in [6, 6.07) is 9.31. The van der Waals surface area contributed by atoms with Gasteiger partial charge in [-0.3, -0.25) is 4.79 Å². The van der Waals surface area contributed by atoms with Crippen LogP contribution in [0.2, 0.25) is 0 Å². The lowest BCUT2D eigenvalue weighted by atomic mass is 9.93. The van der Waals surface area contributed by atoms with E-state index in [1.807, 2.05) is 44.2 Å². The quantitative estimate of drug-likeness (QED) is 0.552. The van der Waals surface area contributed by atoms with E-state index in [-0.39, 0.29) is 12.5 Å². The zero-order valence-electron chi connectivity index (χ0n) is 20.6. The number of aromatic nitrogens is 2. The molecule has 1 spiro atoms. The average molecular weight is 478 g/mol. The molecule has 1 saturated heterocycles. The lowest BCUT2D eigenvalue weighted by Crippen LogP contribution is -2.38. The second-order valence-electron chi connectivity index (χ2n) is 10.6. The fourth-order valence-electron chi connectivity index (χ4n) is 4.82. The number of nitrogens with zero attached hydrogens (tertiary/aromatic N) is 3. The minimum atomic E-state index is -0.517. The first-order chi connectivity index (χ1) is 16.9. The van der Waals surface area contributed by atoms with Gasteiger partial charge in [-0.15, -0.1) is 0 Å². The van der Waals surface area contributed by atoms with Crippen molar-refractivity contribution in [1.82, 2.24) is 9.97 Å². The normalized spacial score (nSPS) is 19.3.